The average molecular weight is 132 g/mol. The third kappa shape index (κ3) is 3.67. The molecule has 3 nitrogen and oxygen atoms in total. The lowest BCUT2D eigenvalue weighted by Gasteiger charge is -1.92. The summed E-state index contributed by atoms with van der Waals surface area (Å²) in [4.78, 5) is 19.7. The zero-order valence-electron chi connectivity index (χ0n) is 4.18. The van der Waals surface area contributed by atoms with Crippen LogP contribution >= 0.6 is 12.6 Å². The van der Waals surface area contributed by atoms with Crippen LogP contribution in [0.3, 0.4) is 0 Å². The van der Waals surface area contributed by atoms with Gasteiger partial charge in [-0.25, -0.2) is 0 Å². The van der Waals surface area contributed by atoms with Gasteiger partial charge in [0, 0.05) is 0 Å². The molecule has 0 heterocycles. The maximum atomic E-state index is 10.2. The van der Waals surface area contributed by atoms with E-state index in [1.807, 2.05) is 0 Å². The largest absolute Gasteiger partial charge is 0.348 e. The van der Waals surface area contributed by atoms with Crippen molar-refractivity contribution in [3.63, 3.8) is 0 Å². The minimum atomic E-state index is -0.253. The Balaban J connectivity index is 3.11. The van der Waals surface area contributed by atoms with Crippen LogP contribution in [0, 0.1) is 0 Å². The summed E-state index contributed by atoms with van der Waals surface area (Å²) in [6.07, 6.45) is 1.52. The first kappa shape index (κ1) is 7.49. The van der Waals surface area contributed by atoms with Gasteiger partial charge in [-0.05, 0) is 0 Å². The monoisotopic (exact) mass is 132 g/mol. The van der Waals surface area contributed by atoms with Crippen molar-refractivity contribution in [1.82, 2.24) is 5.32 Å². The summed E-state index contributed by atoms with van der Waals surface area (Å²) in [5, 5.41) is 2.24. The highest BCUT2D eigenvalue weighted by atomic mass is 32.1. The summed E-state index contributed by atoms with van der Waals surface area (Å²) in [5.41, 5.74) is 0. The van der Waals surface area contributed by atoms with Gasteiger partial charge in [-0.15, -0.1) is 0 Å². The Labute approximate surface area is 52.9 Å². The van der Waals surface area contributed by atoms with E-state index < -0.39 is 0 Å². The lowest BCUT2D eigenvalue weighted by atomic mass is 10.6. The van der Waals surface area contributed by atoms with Crippen LogP contribution < -0.4 is 5.32 Å². The Kier molecular flexibility index (Phi) is 4.35. The van der Waals surface area contributed by atoms with Crippen LogP contribution in [0.2, 0.25) is 0 Å². The third-order valence-electron chi connectivity index (χ3n) is 0.501. The van der Waals surface area contributed by atoms with E-state index in [2.05, 4.69) is 17.9 Å². The quantitative estimate of drug-likeness (QED) is 0.491. The van der Waals surface area contributed by atoms with Gasteiger partial charge in [-0.1, -0.05) is 0 Å². The Hall–Kier alpha value is -0.510. The van der Waals surface area contributed by atoms with Crippen molar-refractivity contribution < 1.29 is 9.59 Å². The van der Waals surface area contributed by atoms with E-state index in [4.69, 9.17) is 0 Å². The molecule has 0 aromatic carbocycles. The second kappa shape index (κ2) is 4.64. The van der Waals surface area contributed by atoms with Gasteiger partial charge < -0.3 is 5.32 Å². The number of rotatable bonds is 3. The van der Waals surface area contributed by atoms with E-state index in [9.17, 15) is 9.59 Å². The van der Waals surface area contributed by atoms with Gasteiger partial charge in [-0.2, -0.15) is 12.6 Å². The van der Waals surface area contributed by atoms with E-state index in [0.717, 1.165) is 0 Å². The number of thiol groups is 1. The molecule has 0 atom stereocenters. The van der Waals surface area contributed by atoms with Crippen LogP contribution in [-0.2, 0) is 9.59 Å². The van der Waals surface area contributed by atoms with Gasteiger partial charge in [0.15, 0.2) is 0 Å². The molecule has 0 saturated heterocycles. The molecule has 0 aliphatic rings. The summed E-state index contributed by atoms with van der Waals surface area (Å²) >= 11 is 3.65. The first-order chi connectivity index (χ1) is 3.81. The molecule has 0 fully saturated rings. The molecule has 0 aliphatic heterocycles. The minimum Gasteiger partial charge on any atom is -0.348 e. The van der Waals surface area contributed by atoms with Crippen LogP contribution in [0.15, 0.2) is 0 Å². The Morgan fingerprint density at radius 3 is 2.75 bits per heavy atom. The third-order valence-corrected chi connectivity index (χ3v) is 0.789. The van der Waals surface area contributed by atoms with Crippen LogP contribution in [0.1, 0.15) is 0 Å². The van der Waals surface area contributed by atoms with E-state index >= 15 is 0 Å². The summed E-state index contributed by atoms with van der Waals surface area (Å²) in [6.45, 7) is -0.0423. The normalized spacial score (nSPS) is 8.12. The second-order valence-corrected chi connectivity index (χ2v) is 1.40. The highest BCUT2D eigenvalue weighted by Crippen LogP contribution is 1.69. The fourth-order valence-corrected chi connectivity index (χ4v) is 0.302. The highest BCUT2D eigenvalue weighted by molar-refractivity contribution is 7.81. The van der Waals surface area contributed by atoms with Crippen molar-refractivity contribution in [3.05, 3.63) is 0 Å². The first-order valence-electron chi connectivity index (χ1n) is 2.04. The van der Waals surface area contributed by atoms with Gasteiger partial charge in [0.25, 0.3) is 0 Å². The SMILES string of the molecule is O=[C]CNC(=O)CS. The molecule has 45 valence electrons. The zero-order valence-corrected chi connectivity index (χ0v) is 5.07. The van der Waals surface area contributed by atoms with Crippen LogP contribution in [-0.4, -0.2) is 24.5 Å². The van der Waals surface area contributed by atoms with Crippen molar-refractivity contribution in [2.75, 3.05) is 12.3 Å². The summed E-state index contributed by atoms with van der Waals surface area (Å²) < 4.78 is 0. The molecule has 0 aromatic heterocycles. The minimum absolute atomic E-state index is 0.0423. The molecule has 0 rings (SSSR count). The van der Waals surface area contributed by atoms with Crippen molar-refractivity contribution in [2.24, 2.45) is 0 Å². The molecule has 0 unspecified atom stereocenters. The molecule has 8 heavy (non-hydrogen) atoms. The first-order valence-corrected chi connectivity index (χ1v) is 2.67. The van der Waals surface area contributed by atoms with Gasteiger partial charge in [0.2, 0.25) is 12.2 Å². The Bertz CT molecular complexity index is 94.0. The van der Waals surface area contributed by atoms with Gasteiger partial charge in [0.05, 0.1) is 12.3 Å². The molecule has 0 spiro atoms. The van der Waals surface area contributed by atoms with Crippen LogP contribution in [0.25, 0.3) is 0 Å². The predicted octanol–water partition coefficient (Wildman–Crippen LogP) is -0.858. The fraction of sp³-hybridized carbons (Fsp3) is 0.500. The lowest BCUT2D eigenvalue weighted by molar-refractivity contribution is -0.118. The van der Waals surface area contributed by atoms with E-state index in [1.54, 1.807) is 0 Å². The van der Waals surface area contributed by atoms with Crippen molar-refractivity contribution in [2.45, 2.75) is 0 Å². The molecule has 1 amide bonds. The number of hydrogen-bond acceptors (Lipinski definition) is 3. The molecule has 1 radical (unpaired) electrons. The zero-order chi connectivity index (χ0) is 6.41. The number of carbonyl (C=O) groups excluding carboxylic acids is 2. The van der Waals surface area contributed by atoms with E-state index in [1.165, 1.54) is 6.29 Å². The van der Waals surface area contributed by atoms with Crippen molar-refractivity contribution in [1.29, 1.82) is 0 Å². The maximum Gasteiger partial charge on any atom is 0.230 e. The molecular formula is C4H6NO2S. The summed E-state index contributed by atoms with van der Waals surface area (Å²) in [5.74, 6) is -0.140. The molecular weight excluding hydrogens is 126 g/mol. The number of carbonyl (C=O) groups is 1. The molecule has 4 heteroatoms. The fourth-order valence-electron chi connectivity index (χ4n) is 0.191. The molecule has 1 N–H and O–H groups in total. The molecule has 0 aromatic rings. The number of nitrogens with one attached hydrogen (secondary N) is 1. The predicted molar refractivity (Wildman–Crippen MR) is 32.6 cm³/mol. The molecule has 0 aliphatic carbocycles. The maximum absolute atomic E-state index is 10.2. The number of hydrogen-bond donors (Lipinski definition) is 2. The lowest BCUT2D eigenvalue weighted by Crippen LogP contribution is -2.25. The van der Waals surface area contributed by atoms with Crippen LogP contribution in [0.4, 0.5) is 0 Å². The molecule has 0 bridgehead atoms. The topological polar surface area (TPSA) is 46.2 Å². The van der Waals surface area contributed by atoms with E-state index in [0.29, 0.717) is 0 Å². The summed E-state index contributed by atoms with van der Waals surface area (Å²) in [6, 6.07) is 0. The Morgan fingerprint density at radius 1 is 1.75 bits per heavy atom. The van der Waals surface area contributed by atoms with Gasteiger partial charge >= 0.3 is 0 Å². The average Bonchev–Trinajstić information content (AvgIpc) is 1.83. The van der Waals surface area contributed by atoms with Crippen molar-refractivity contribution in [3.8, 4) is 0 Å². The standard InChI is InChI=1S/C4H6NO2S/c6-2-1-5-4(7)3-8/h8H,1,3H2,(H,5,7). The number of amides is 1. The molecule has 0 saturated carbocycles. The summed E-state index contributed by atoms with van der Waals surface area (Å²) in [7, 11) is 0. The van der Waals surface area contributed by atoms with Gasteiger partial charge in [-0.3, -0.25) is 9.59 Å². The van der Waals surface area contributed by atoms with E-state index in [-0.39, 0.29) is 18.2 Å². The van der Waals surface area contributed by atoms with Gasteiger partial charge in [0.1, 0.15) is 0 Å². The highest BCUT2D eigenvalue weighted by Gasteiger charge is 1.92. The smallest absolute Gasteiger partial charge is 0.230 e. The van der Waals surface area contributed by atoms with Crippen molar-refractivity contribution >= 4 is 24.8 Å². The van der Waals surface area contributed by atoms with Crippen LogP contribution in [0.5, 0.6) is 0 Å². The second-order valence-electron chi connectivity index (χ2n) is 1.08. The Morgan fingerprint density at radius 2 is 2.38 bits per heavy atom.